The van der Waals surface area contributed by atoms with Crippen molar-refractivity contribution >= 4 is 28.5 Å². The molecule has 1 aliphatic rings. The van der Waals surface area contributed by atoms with Gasteiger partial charge in [0.25, 0.3) is 0 Å². The molecule has 1 atom stereocenters. The van der Waals surface area contributed by atoms with E-state index in [0.717, 1.165) is 18.3 Å². The average molecular weight is 293 g/mol. The van der Waals surface area contributed by atoms with Gasteiger partial charge in [0.15, 0.2) is 5.17 Å². The SMILES string of the molecule is CCOc1ccccc1NC(=O)[C@@H](C)SC1=NCCN1. The van der Waals surface area contributed by atoms with Gasteiger partial charge in [-0.25, -0.2) is 0 Å². The fourth-order valence-corrected chi connectivity index (χ4v) is 2.61. The number of anilines is 1. The number of hydrogen-bond donors (Lipinski definition) is 2. The van der Waals surface area contributed by atoms with Crippen LogP contribution in [0.2, 0.25) is 0 Å². The minimum atomic E-state index is -0.214. The van der Waals surface area contributed by atoms with Gasteiger partial charge in [-0.1, -0.05) is 23.9 Å². The van der Waals surface area contributed by atoms with Gasteiger partial charge >= 0.3 is 0 Å². The summed E-state index contributed by atoms with van der Waals surface area (Å²) in [6, 6.07) is 7.44. The molecule has 0 radical (unpaired) electrons. The second-order valence-electron chi connectivity index (χ2n) is 4.29. The van der Waals surface area contributed by atoms with Crippen LogP contribution in [0.5, 0.6) is 5.75 Å². The number of amidine groups is 1. The molecule has 0 aromatic heterocycles. The van der Waals surface area contributed by atoms with Crippen LogP contribution in [0.15, 0.2) is 29.3 Å². The molecule has 108 valence electrons. The minimum Gasteiger partial charge on any atom is -0.492 e. The predicted molar refractivity (Wildman–Crippen MR) is 83.6 cm³/mol. The van der Waals surface area contributed by atoms with Crippen LogP contribution in [0, 0.1) is 0 Å². The molecule has 5 nitrogen and oxygen atoms in total. The van der Waals surface area contributed by atoms with Crippen molar-refractivity contribution in [2.75, 3.05) is 25.0 Å². The summed E-state index contributed by atoms with van der Waals surface area (Å²) in [5.41, 5.74) is 0.702. The first kappa shape index (κ1) is 14.7. The van der Waals surface area contributed by atoms with Gasteiger partial charge in [0.05, 0.1) is 24.1 Å². The maximum Gasteiger partial charge on any atom is 0.237 e. The Balaban J connectivity index is 1.96. The second kappa shape index (κ2) is 7.19. The largest absolute Gasteiger partial charge is 0.492 e. The first-order valence-corrected chi connectivity index (χ1v) is 7.56. The smallest absolute Gasteiger partial charge is 0.237 e. The van der Waals surface area contributed by atoms with Gasteiger partial charge < -0.3 is 15.4 Å². The Kier molecular flexibility index (Phi) is 5.29. The van der Waals surface area contributed by atoms with E-state index in [1.54, 1.807) is 0 Å². The first-order chi connectivity index (χ1) is 9.70. The van der Waals surface area contributed by atoms with Gasteiger partial charge in [0.1, 0.15) is 5.75 Å². The van der Waals surface area contributed by atoms with Crippen molar-refractivity contribution in [1.29, 1.82) is 0 Å². The third-order valence-electron chi connectivity index (χ3n) is 2.75. The Labute approximate surface area is 123 Å². The Hall–Kier alpha value is -1.69. The lowest BCUT2D eigenvalue weighted by Crippen LogP contribution is -2.26. The molecular weight excluding hydrogens is 274 g/mol. The summed E-state index contributed by atoms with van der Waals surface area (Å²) < 4.78 is 5.49. The number of rotatable bonds is 5. The molecule has 0 unspecified atom stereocenters. The maximum atomic E-state index is 12.2. The van der Waals surface area contributed by atoms with E-state index in [1.165, 1.54) is 11.8 Å². The monoisotopic (exact) mass is 293 g/mol. The molecule has 0 bridgehead atoms. The van der Waals surface area contributed by atoms with Gasteiger partial charge in [0, 0.05) is 6.54 Å². The highest BCUT2D eigenvalue weighted by molar-refractivity contribution is 8.14. The van der Waals surface area contributed by atoms with Crippen molar-refractivity contribution < 1.29 is 9.53 Å². The molecule has 0 spiro atoms. The summed E-state index contributed by atoms with van der Waals surface area (Å²) in [4.78, 5) is 16.5. The summed E-state index contributed by atoms with van der Waals surface area (Å²) in [6.45, 7) is 5.98. The quantitative estimate of drug-likeness (QED) is 0.873. The van der Waals surface area contributed by atoms with Crippen LogP contribution in [0.3, 0.4) is 0 Å². The van der Waals surface area contributed by atoms with Gasteiger partial charge in [-0.05, 0) is 26.0 Å². The van der Waals surface area contributed by atoms with Crippen molar-refractivity contribution in [3.05, 3.63) is 24.3 Å². The van der Waals surface area contributed by atoms with E-state index >= 15 is 0 Å². The van der Waals surface area contributed by atoms with Crippen LogP contribution >= 0.6 is 11.8 Å². The number of hydrogen-bond acceptors (Lipinski definition) is 5. The number of nitrogens with one attached hydrogen (secondary N) is 2. The lowest BCUT2D eigenvalue weighted by atomic mass is 10.3. The molecule has 0 aliphatic carbocycles. The zero-order valence-electron chi connectivity index (χ0n) is 11.7. The van der Waals surface area contributed by atoms with Crippen molar-refractivity contribution in [3.8, 4) is 5.75 Å². The number of thioether (sulfide) groups is 1. The second-order valence-corrected chi connectivity index (χ2v) is 5.62. The highest BCUT2D eigenvalue weighted by Crippen LogP contribution is 2.25. The summed E-state index contributed by atoms with van der Waals surface area (Å²) in [5, 5.41) is 6.67. The van der Waals surface area contributed by atoms with E-state index in [1.807, 2.05) is 38.1 Å². The number of benzene rings is 1. The third-order valence-corrected chi connectivity index (χ3v) is 3.81. The van der Waals surface area contributed by atoms with Gasteiger partial charge in [-0.2, -0.15) is 0 Å². The number of carbonyl (C=O) groups is 1. The van der Waals surface area contributed by atoms with Crippen LogP contribution in [-0.4, -0.2) is 36.0 Å². The van der Waals surface area contributed by atoms with Crippen LogP contribution in [0.1, 0.15) is 13.8 Å². The molecule has 1 amide bonds. The van der Waals surface area contributed by atoms with Gasteiger partial charge in [-0.15, -0.1) is 0 Å². The highest BCUT2D eigenvalue weighted by Gasteiger charge is 2.19. The molecule has 2 rings (SSSR count). The molecule has 2 N–H and O–H groups in total. The molecule has 20 heavy (non-hydrogen) atoms. The summed E-state index contributed by atoms with van der Waals surface area (Å²) >= 11 is 1.44. The molecular formula is C14H19N3O2S. The number of ether oxygens (including phenoxy) is 1. The normalized spacial score (nSPS) is 15.2. The average Bonchev–Trinajstić information content (AvgIpc) is 2.94. The fraction of sp³-hybridized carbons (Fsp3) is 0.429. The number of amides is 1. The third kappa shape index (κ3) is 3.90. The summed E-state index contributed by atoms with van der Waals surface area (Å²) in [5.74, 6) is 0.635. The molecule has 0 fully saturated rings. The molecule has 6 heteroatoms. The van der Waals surface area contributed by atoms with E-state index in [9.17, 15) is 4.79 Å². The number of aliphatic imine (C=N–C) groups is 1. The van der Waals surface area contributed by atoms with Gasteiger partial charge in [-0.3, -0.25) is 9.79 Å². The van der Waals surface area contributed by atoms with Crippen LogP contribution in [-0.2, 0) is 4.79 Å². The lowest BCUT2D eigenvalue weighted by Gasteiger charge is -2.14. The number of carbonyl (C=O) groups excluding carboxylic acids is 1. The molecule has 0 saturated heterocycles. The molecule has 1 aromatic carbocycles. The molecule has 1 heterocycles. The van der Waals surface area contributed by atoms with Crippen molar-refractivity contribution in [2.45, 2.75) is 19.1 Å². The van der Waals surface area contributed by atoms with Gasteiger partial charge in [0.2, 0.25) is 5.91 Å². The zero-order valence-corrected chi connectivity index (χ0v) is 12.5. The Bertz CT molecular complexity index is 505. The zero-order chi connectivity index (χ0) is 14.4. The van der Waals surface area contributed by atoms with Crippen molar-refractivity contribution in [3.63, 3.8) is 0 Å². The highest BCUT2D eigenvalue weighted by atomic mass is 32.2. The van der Waals surface area contributed by atoms with E-state index in [2.05, 4.69) is 15.6 Å². The Morgan fingerprint density at radius 2 is 2.35 bits per heavy atom. The fourth-order valence-electron chi connectivity index (χ4n) is 1.76. The van der Waals surface area contributed by atoms with Crippen molar-refractivity contribution in [2.24, 2.45) is 4.99 Å². The van der Waals surface area contributed by atoms with Crippen molar-refractivity contribution in [1.82, 2.24) is 5.32 Å². The number of para-hydroxylation sites is 2. The lowest BCUT2D eigenvalue weighted by molar-refractivity contribution is -0.115. The Morgan fingerprint density at radius 1 is 1.55 bits per heavy atom. The van der Waals surface area contributed by atoms with Crippen LogP contribution < -0.4 is 15.4 Å². The van der Waals surface area contributed by atoms with E-state index in [-0.39, 0.29) is 11.2 Å². The van der Waals surface area contributed by atoms with Crippen LogP contribution in [0.25, 0.3) is 0 Å². The summed E-state index contributed by atoms with van der Waals surface area (Å²) in [6.07, 6.45) is 0. The van der Waals surface area contributed by atoms with E-state index in [4.69, 9.17) is 4.74 Å². The summed E-state index contributed by atoms with van der Waals surface area (Å²) in [7, 11) is 0. The topological polar surface area (TPSA) is 62.7 Å². The predicted octanol–water partition coefficient (Wildman–Crippen LogP) is 2.10. The number of nitrogens with zero attached hydrogens (tertiary/aromatic N) is 1. The standard InChI is InChI=1S/C14H19N3O2S/c1-3-19-12-7-5-4-6-11(12)17-13(18)10(2)20-14-15-8-9-16-14/h4-7,10H,3,8-9H2,1-2H3,(H,15,16)(H,17,18)/t10-/m1/s1. The first-order valence-electron chi connectivity index (χ1n) is 6.68. The van der Waals surface area contributed by atoms with E-state index in [0.29, 0.717) is 18.0 Å². The minimum absolute atomic E-state index is 0.0569. The van der Waals surface area contributed by atoms with Crippen LogP contribution in [0.4, 0.5) is 5.69 Å². The molecule has 1 aromatic rings. The molecule has 1 aliphatic heterocycles. The van der Waals surface area contributed by atoms with E-state index < -0.39 is 0 Å². The maximum absolute atomic E-state index is 12.2. The Morgan fingerprint density at radius 3 is 3.05 bits per heavy atom. The molecule has 0 saturated carbocycles.